The van der Waals surface area contributed by atoms with Gasteiger partial charge in [0.1, 0.15) is 5.82 Å². The van der Waals surface area contributed by atoms with E-state index < -0.39 is 44.2 Å². The van der Waals surface area contributed by atoms with Crippen molar-refractivity contribution in [1.82, 2.24) is 4.72 Å². The third kappa shape index (κ3) is 5.85. The van der Waals surface area contributed by atoms with Crippen molar-refractivity contribution in [2.24, 2.45) is 5.73 Å². The number of nitrogens with two attached hydrogens (primary N) is 1. The van der Waals surface area contributed by atoms with Gasteiger partial charge in [-0.1, -0.05) is 0 Å². The fourth-order valence-electron chi connectivity index (χ4n) is 2.56. The summed E-state index contributed by atoms with van der Waals surface area (Å²) in [6, 6.07) is 3.45. The van der Waals surface area contributed by atoms with Crippen LogP contribution in [0.25, 0.3) is 0 Å². The lowest BCUT2D eigenvalue weighted by atomic mass is 9.97. The standard InChI is InChI=1S/C16H15F4N3O4S.ClH/c1-22-28(26,27)15-3-2-13(23(24)25)6-10(15)7-14(21)9-4-11(16(18,19)20)8-12(17)5-9;/h2-6,8,14,22H,7,21H2,1H3;1H/t14-;/m0./s1. The number of nitro benzene ring substituents is 1. The van der Waals surface area contributed by atoms with Crippen molar-refractivity contribution in [3.05, 3.63) is 69.0 Å². The molecule has 2 aromatic carbocycles. The third-order valence-electron chi connectivity index (χ3n) is 3.93. The Morgan fingerprint density at radius 1 is 1.21 bits per heavy atom. The molecule has 2 aromatic rings. The number of sulfonamides is 1. The van der Waals surface area contributed by atoms with Crippen molar-refractivity contribution in [2.75, 3.05) is 7.05 Å². The van der Waals surface area contributed by atoms with Gasteiger partial charge in [-0.3, -0.25) is 10.1 Å². The molecule has 3 N–H and O–H groups in total. The molecule has 0 heterocycles. The molecule has 0 aliphatic heterocycles. The van der Waals surface area contributed by atoms with Gasteiger partial charge in [0.25, 0.3) is 5.69 Å². The van der Waals surface area contributed by atoms with Crippen LogP contribution in [0.4, 0.5) is 23.2 Å². The van der Waals surface area contributed by atoms with E-state index >= 15 is 0 Å². The lowest BCUT2D eigenvalue weighted by Gasteiger charge is -2.17. The van der Waals surface area contributed by atoms with Gasteiger partial charge in [0.05, 0.1) is 15.4 Å². The van der Waals surface area contributed by atoms with Gasteiger partial charge in [0, 0.05) is 18.2 Å². The number of nitrogens with zero attached hydrogens (tertiary/aromatic N) is 1. The van der Waals surface area contributed by atoms with Crippen LogP contribution in [0, 0.1) is 15.9 Å². The number of alkyl halides is 3. The normalized spacial score (nSPS) is 12.9. The largest absolute Gasteiger partial charge is 0.416 e. The van der Waals surface area contributed by atoms with Crippen LogP contribution in [0.2, 0.25) is 0 Å². The molecule has 13 heteroatoms. The highest BCUT2D eigenvalue weighted by Crippen LogP contribution is 2.32. The summed E-state index contributed by atoms with van der Waals surface area (Å²) in [5, 5.41) is 11.0. The molecule has 2 rings (SSSR count). The van der Waals surface area contributed by atoms with E-state index in [0.717, 1.165) is 31.3 Å². The first kappa shape index (κ1) is 24.8. The average molecular weight is 458 g/mol. The molecule has 0 fully saturated rings. The van der Waals surface area contributed by atoms with Gasteiger partial charge in [-0.05, 0) is 48.9 Å². The lowest BCUT2D eigenvalue weighted by molar-refractivity contribution is -0.385. The van der Waals surface area contributed by atoms with Crippen molar-refractivity contribution in [3.63, 3.8) is 0 Å². The maximum atomic E-state index is 13.6. The predicted octanol–water partition coefficient (Wildman–Crippen LogP) is 3.33. The van der Waals surface area contributed by atoms with Crippen molar-refractivity contribution >= 4 is 28.1 Å². The number of halogens is 5. The maximum Gasteiger partial charge on any atom is 0.416 e. The quantitative estimate of drug-likeness (QED) is 0.392. The summed E-state index contributed by atoms with van der Waals surface area (Å²) in [5.74, 6) is -1.16. The van der Waals surface area contributed by atoms with Crippen LogP contribution in [-0.4, -0.2) is 20.4 Å². The number of nitrogens with one attached hydrogen (secondary N) is 1. The summed E-state index contributed by atoms with van der Waals surface area (Å²) >= 11 is 0. The van der Waals surface area contributed by atoms with Crippen LogP contribution < -0.4 is 10.5 Å². The van der Waals surface area contributed by atoms with Crippen molar-refractivity contribution < 1.29 is 30.9 Å². The zero-order valence-electron chi connectivity index (χ0n) is 14.7. The molecule has 0 aliphatic carbocycles. The van der Waals surface area contributed by atoms with Gasteiger partial charge < -0.3 is 5.73 Å². The Bertz CT molecular complexity index is 1020. The van der Waals surface area contributed by atoms with Crippen molar-refractivity contribution in [1.29, 1.82) is 0 Å². The Hall–Kier alpha value is -2.28. The molecule has 0 amide bonds. The van der Waals surface area contributed by atoms with E-state index in [0.29, 0.717) is 12.1 Å². The first-order valence-corrected chi connectivity index (χ1v) is 9.17. The van der Waals surface area contributed by atoms with E-state index in [1.54, 1.807) is 0 Å². The highest BCUT2D eigenvalue weighted by atomic mass is 35.5. The second-order valence-corrected chi connectivity index (χ2v) is 7.69. The molecular formula is C16H16ClF4N3O4S. The van der Waals surface area contributed by atoms with E-state index in [1.165, 1.54) is 0 Å². The van der Waals surface area contributed by atoms with E-state index in [9.17, 15) is 36.1 Å². The molecule has 0 saturated heterocycles. The first-order chi connectivity index (χ1) is 12.8. The highest BCUT2D eigenvalue weighted by molar-refractivity contribution is 7.89. The summed E-state index contributed by atoms with van der Waals surface area (Å²) < 4.78 is 78.5. The van der Waals surface area contributed by atoms with Gasteiger partial charge in [0.15, 0.2) is 0 Å². The maximum absolute atomic E-state index is 13.6. The topological polar surface area (TPSA) is 115 Å². The van der Waals surface area contributed by atoms with Crippen LogP contribution >= 0.6 is 12.4 Å². The lowest BCUT2D eigenvalue weighted by Crippen LogP contribution is -2.22. The summed E-state index contributed by atoms with van der Waals surface area (Å²) in [6.45, 7) is 0. The van der Waals surface area contributed by atoms with E-state index in [1.807, 2.05) is 0 Å². The van der Waals surface area contributed by atoms with Gasteiger partial charge in [-0.25, -0.2) is 17.5 Å². The molecule has 0 aliphatic rings. The molecule has 0 aromatic heterocycles. The average Bonchev–Trinajstić information content (AvgIpc) is 2.60. The van der Waals surface area contributed by atoms with Crippen LogP contribution in [-0.2, 0) is 22.6 Å². The van der Waals surface area contributed by atoms with Crippen LogP contribution in [0.3, 0.4) is 0 Å². The van der Waals surface area contributed by atoms with Crippen LogP contribution in [0.5, 0.6) is 0 Å². The van der Waals surface area contributed by atoms with Gasteiger partial charge in [-0.2, -0.15) is 13.2 Å². The molecule has 0 unspecified atom stereocenters. The zero-order valence-corrected chi connectivity index (χ0v) is 16.4. The summed E-state index contributed by atoms with van der Waals surface area (Å²) in [5.41, 5.74) is 3.88. The number of rotatable bonds is 6. The highest BCUT2D eigenvalue weighted by Gasteiger charge is 2.32. The van der Waals surface area contributed by atoms with E-state index in [2.05, 4.69) is 4.72 Å². The Kier molecular flexibility index (Phi) is 7.71. The summed E-state index contributed by atoms with van der Waals surface area (Å²) in [4.78, 5) is 9.90. The molecule has 0 radical (unpaired) electrons. The second kappa shape index (κ2) is 9.03. The van der Waals surface area contributed by atoms with E-state index in [-0.39, 0.29) is 34.9 Å². The smallest absolute Gasteiger partial charge is 0.324 e. The first-order valence-electron chi connectivity index (χ1n) is 7.69. The zero-order chi connectivity index (χ0) is 21.3. The number of nitro groups is 1. The number of benzene rings is 2. The van der Waals surface area contributed by atoms with Gasteiger partial charge >= 0.3 is 6.18 Å². The molecule has 29 heavy (non-hydrogen) atoms. The third-order valence-corrected chi connectivity index (χ3v) is 5.44. The Morgan fingerprint density at radius 3 is 2.34 bits per heavy atom. The Labute approximate surface area is 169 Å². The van der Waals surface area contributed by atoms with E-state index in [4.69, 9.17) is 5.73 Å². The molecule has 7 nitrogen and oxygen atoms in total. The number of hydrogen-bond donors (Lipinski definition) is 2. The SMILES string of the molecule is CNS(=O)(=O)c1ccc([N+](=O)[O-])cc1C[C@H](N)c1cc(F)cc(C(F)(F)F)c1.Cl. The van der Waals surface area contributed by atoms with Gasteiger partial charge in [0.2, 0.25) is 10.0 Å². The second-order valence-electron chi connectivity index (χ2n) is 5.84. The van der Waals surface area contributed by atoms with Gasteiger partial charge in [-0.15, -0.1) is 12.4 Å². The molecule has 1 atom stereocenters. The monoisotopic (exact) mass is 457 g/mol. The Morgan fingerprint density at radius 2 is 1.83 bits per heavy atom. The predicted molar refractivity (Wildman–Crippen MR) is 98.6 cm³/mol. The fraction of sp³-hybridized carbons (Fsp3) is 0.250. The minimum Gasteiger partial charge on any atom is -0.324 e. The number of hydrogen-bond acceptors (Lipinski definition) is 5. The number of non-ortho nitro benzene ring substituents is 1. The molecular weight excluding hydrogens is 442 g/mol. The molecule has 160 valence electrons. The van der Waals surface area contributed by atoms with Crippen molar-refractivity contribution in [3.8, 4) is 0 Å². The molecule has 0 spiro atoms. The minimum absolute atomic E-state index is 0. The molecule has 0 bridgehead atoms. The van der Waals surface area contributed by atoms with Crippen molar-refractivity contribution in [2.45, 2.75) is 23.5 Å². The van der Waals surface area contributed by atoms with Crippen LogP contribution in [0.1, 0.15) is 22.7 Å². The fourth-order valence-corrected chi connectivity index (χ4v) is 3.51. The minimum atomic E-state index is -4.80. The molecule has 0 saturated carbocycles. The Balaban J connectivity index is 0.00000420. The summed E-state index contributed by atoms with van der Waals surface area (Å²) in [6.07, 6.45) is -5.18. The summed E-state index contributed by atoms with van der Waals surface area (Å²) in [7, 11) is -2.89. The van der Waals surface area contributed by atoms with Crippen LogP contribution in [0.15, 0.2) is 41.3 Å².